The molecule has 0 aliphatic carbocycles. The summed E-state index contributed by atoms with van der Waals surface area (Å²) in [6.45, 7) is 12.4. The Bertz CT molecular complexity index is 1080. The van der Waals surface area contributed by atoms with Crippen LogP contribution in [0.25, 0.3) is 22.2 Å². The summed E-state index contributed by atoms with van der Waals surface area (Å²) >= 11 is 0. The third-order valence-electron chi connectivity index (χ3n) is 6.15. The first kappa shape index (κ1) is 19.6. The average molecular weight is 387 g/mol. The fraction of sp³-hybridized carbons (Fsp3) is 0.385. The van der Waals surface area contributed by atoms with E-state index in [9.17, 15) is 4.79 Å². The third-order valence-corrected chi connectivity index (χ3v) is 6.15. The first-order valence-corrected chi connectivity index (χ1v) is 10.6. The minimum absolute atomic E-state index is 0.131. The number of aryl methyl sites for hydroxylation is 3. The van der Waals surface area contributed by atoms with Crippen molar-refractivity contribution in [3.8, 4) is 11.3 Å². The van der Waals surface area contributed by atoms with Crippen molar-refractivity contribution in [2.75, 3.05) is 13.1 Å². The van der Waals surface area contributed by atoms with E-state index in [0.29, 0.717) is 11.8 Å². The smallest absolute Gasteiger partial charge is 0.254 e. The monoisotopic (exact) mass is 386 g/mol. The highest BCUT2D eigenvalue weighted by Gasteiger charge is 2.27. The molecule has 0 radical (unpaired) electrons. The van der Waals surface area contributed by atoms with Gasteiger partial charge in [-0.2, -0.15) is 0 Å². The maximum absolute atomic E-state index is 13.6. The zero-order chi connectivity index (χ0) is 20.7. The van der Waals surface area contributed by atoms with Crippen molar-refractivity contribution in [3.05, 3.63) is 64.7 Å². The molecule has 3 heteroatoms. The normalized spacial score (nSPS) is 19.6. The Hall–Kier alpha value is -2.68. The van der Waals surface area contributed by atoms with Crippen LogP contribution < -0.4 is 0 Å². The van der Waals surface area contributed by atoms with Gasteiger partial charge in [0.1, 0.15) is 0 Å². The van der Waals surface area contributed by atoms with Crippen molar-refractivity contribution in [3.63, 3.8) is 0 Å². The predicted octanol–water partition coefficient (Wildman–Crippen LogP) is 5.95. The van der Waals surface area contributed by atoms with E-state index in [4.69, 9.17) is 4.98 Å². The van der Waals surface area contributed by atoms with E-state index < -0.39 is 0 Å². The summed E-state index contributed by atoms with van der Waals surface area (Å²) in [6, 6.07) is 14.6. The Labute approximate surface area is 173 Å². The van der Waals surface area contributed by atoms with Gasteiger partial charge in [-0.05, 0) is 74.4 Å². The lowest BCUT2D eigenvalue weighted by Gasteiger charge is -2.35. The van der Waals surface area contributed by atoms with E-state index in [0.717, 1.165) is 46.4 Å². The van der Waals surface area contributed by atoms with Crippen LogP contribution >= 0.6 is 0 Å². The summed E-state index contributed by atoms with van der Waals surface area (Å²) in [4.78, 5) is 20.6. The number of piperidine rings is 1. The highest BCUT2D eigenvalue weighted by molar-refractivity contribution is 6.07. The van der Waals surface area contributed by atoms with Gasteiger partial charge in [0.05, 0.1) is 16.8 Å². The Morgan fingerprint density at radius 1 is 0.931 bits per heavy atom. The van der Waals surface area contributed by atoms with Crippen molar-refractivity contribution in [2.45, 2.75) is 41.0 Å². The molecule has 1 aliphatic heterocycles. The highest BCUT2D eigenvalue weighted by atomic mass is 16.2. The third kappa shape index (κ3) is 3.91. The van der Waals surface area contributed by atoms with E-state index >= 15 is 0 Å². The maximum atomic E-state index is 13.6. The van der Waals surface area contributed by atoms with Crippen LogP contribution in [0.5, 0.6) is 0 Å². The maximum Gasteiger partial charge on any atom is 0.254 e. The van der Waals surface area contributed by atoms with Crippen molar-refractivity contribution >= 4 is 16.8 Å². The molecule has 3 aromatic rings. The number of aromatic nitrogens is 1. The lowest BCUT2D eigenvalue weighted by molar-refractivity contribution is 0.0625. The van der Waals surface area contributed by atoms with Gasteiger partial charge in [0, 0.05) is 24.0 Å². The number of hydrogen-bond acceptors (Lipinski definition) is 2. The summed E-state index contributed by atoms with van der Waals surface area (Å²) in [5.41, 5.74) is 7.22. The number of amides is 1. The Morgan fingerprint density at radius 3 is 2.34 bits per heavy atom. The van der Waals surface area contributed by atoms with E-state index in [-0.39, 0.29) is 5.91 Å². The fourth-order valence-electron chi connectivity index (χ4n) is 4.56. The molecular weight excluding hydrogens is 356 g/mol. The molecular formula is C26H30N2O. The molecule has 1 aliphatic rings. The van der Waals surface area contributed by atoms with Crippen molar-refractivity contribution < 1.29 is 4.79 Å². The molecule has 150 valence electrons. The zero-order valence-electron chi connectivity index (χ0n) is 18.1. The van der Waals surface area contributed by atoms with Crippen LogP contribution in [0.15, 0.2) is 42.5 Å². The molecule has 29 heavy (non-hydrogen) atoms. The summed E-state index contributed by atoms with van der Waals surface area (Å²) in [7, 11) is 0. The predicted molar refractivity (Wildman–Crippen MR) is 120 cm³/mol. The Morgan fingerprint density at radius 2 is 1.66 bits per heavy atom. The fourth-order valence-corrected chi connectivity index (χ4v) is 4.56. The van der Waals surface area contributed by atoms with Gasteiger partial charge in [-0.1, -0.05) is 37.6 Å². The molecule has 2 atom stereocenters. The molecule has 1 fully saturated rings. The summed E-state index contributed by atoms with van der Waals surface area (Å²) in [5, 5.41) is 0.952. The number of carbonyl (C=O) groups is 1. The lowest BCUT2D eigenvalue weighted by atomic mass is 9.91. The number of likely N-dealkylation sites (tertiary alicyclic amines) is 1. The minimum Gasteiger partial charge on any atom is -0.338 e. The van der Waals surface area contributed by atoms with Crippen molar-refractivity contribution in [2.24, 2.45) is 11.8 Å². The largest absolute Gasteiger partial charge is 0.338 e. The second-order valence-corrected chi connectivity index (χ2v) is 9.03. The number of pyridine rings is 1. The number of hydrogen-bond donors (Lipinski definition) is 0. The second-order valence-electron chi connectivity index (χ2n) is 9.03. The molecule has 0 saturated carbocycles. The van der Waals surface area contributed by atoms with E-state index in [1.165, 1.54) is 17.5 Å². The Balaban J connectivity index is 1.85. The van der Waals surface area contributed by atoms with Crippen molar-refractivity contribution in [1.82, 2.24) is 9.88 Å². The number of nitrogens with zero attached hydrogens (tertiary/aromatic N) is 2. The minimum atomic E-state index is 0.131. The summed E-state index contributed by atoms with van der Waals surface area (Å²) in [5.74, 6) is 1.21. The van der Waals surface area contributed by atoms with Gasteiger partial charge in [0.15, 0.2) is 0 Å². The molecule has 2 aromatic carbocycles. The average Bonchev–Trinajstić information content (AvgIpc) is 2.68. The Kier molecular flexibility index (Phi) is 5.16. The van der Waals surface area contributed by atoms with Gasteiger partial charge in [-0.3, -0.25) is 4.79 Å². The van der Waals surface area contributed by atoms with E-state index in [1.807, 2.05) is 17.0 Å². The molecule has 0 spiro atoms. The van der Waals surface area contributed by atoms with Crippen LogP contribution in [-0.4, -0.2) is 28.9 Å². The SMILES string of the molecule is Cc1ccc2nc(-c3ccc(C)c(C)c3)cc(C(=O)N3C[C@H](C)C[C@@H](C)C3)c2c1. The topological polar surface area (TPSA) is 33.2 Å². The van der Waals surface area contributed by atoms with Crippen LogP contribution in [0.2, 0.25) is 0 Å². The molecule has 4 rings (SSSR count). The summed E-state index contributed by atoms with van der Waals surface area (Å²) in [6.07, 6.45) is 1.19. The van der Waals surface area contributed by atoms with Crippen LogP contribution in [-0.2, 0) is 0 Å². The number of rotatable bonds is 2. The lowest BCUT2D eigenvalue weighted by Crippen LogP contribution is -2.42. The van der Waals surface area contributed by atoms with Gasteiger partial charge < -0.3 is 4.90 Å². The van der Waals surface area contributed by atoms with Crippen LogP contribution in [0.4, 0.5) is 0 Å². The highest BCUT2D eigenvalue weighted by Crippen LogP contribution is 2.29. The standard InChI is InChI=1S/C26H30N2O/c1-16-6-9-24-22(11-16)23(26(29)28-14-17(2)10-18(3)15-28)13-25(27-24)21-8-7-19(4)20(5)12-21/h6-9,11-13,17-18H,10,14-15H2,1-5H3/t17-,18-/m1/s1. The zero-order valence-corrected chi connectivity index (χ0v) is 18.1. The van der Waals surface area contributed by atoms with Crippen molar-refractivity contribution in [1.29, 1.82) is 0 Å². The molecule has 0 bridgehead atoms. The van der Waals surface area contributed by atoms with Gasteiger partial charge in [-0.25, -0.2) is 4.98 Å². The molecule has 0 unspecified atom stereocenters. The van der Waals surface area contributed by atoms with Gasteiger partial charge in [-0.15, -0.1) is 0 Å². The first-order chi connectivity index (χ1) is 13.8. The quantitative estimate of drug-likeness (QED) is 0.546. The van der Waals surface area contributed by atoms with Gasteiger partial charge in [0.2, 0.25) is 0 Å². The molecule has 1 amide bonds. The van der Waals surface area contributed by atoms with Gasteiger partial charge in [0.25, 0.3) is 5.91 Å². The number of benzene rings is 2. The number of fused-ring (bicyclic) bond motifs is 1. The molecule has 2 heterocycles. The van der Waals surface area contributed by atoms with Crippen LogP contribution in [0.3, 0.4) is 0 Å². The molecule has 1 aromatic heterocycles. The number of carbonyl (C=O) groups excluding carboxylic acids is 1. The summed E-state index contributed by atoms with van der Waals surface area (Å²) < 4.78 is 0. The molecule has 1 saturated heterocycles. The van der Waals surface area contributed by atoms with E-state index in [2.05, 4.69) is 65.0 Å². The molecule has 0 N–H and O–H groups in total. The van der Waals surface area contributed by atoms with Crippen LogP contribution in [0, 0.1) is 32.6 Å². The first-order valence-electron chi connectivity index (χ1n) is 10.6. The second kappa shape index (κ2) is 7.62. The van der Waals surface area contributed by atoms with E-state index in [1.54, 1.807) is 0 Å². The van der Waals surface area contributed by atoms with Crippen LogP contribution in [0.1, 0.15) is 47.3 Å². The van der Waals surface area contributed by atoms with Gasteiger partial charge >= 0.3 is 0 Å². The molecule has 3 nitrogen and oxygen atoms in total.